The van der Waals surface area contributed by atoms with Crippen molar-refractivity contribution in [2.75, 3.05) is 5.32 Å². The van der Waals surface area contributed by atoms with Gasteiger partial charge in [-0.25, -0.2) is 4.39 Å². The maximum atomic E-state index is 13.3. The average molecular weight is 339 g/mol. The van der Waals surface area contributed by atoms with Crippen molar-refractivity contribution in [2.24, 2.45) is 0 Å². The van der Waals surface area contributed by atoms with Crippen LogP contribution in [0, 0.1) is 22.9 Å². The monoisotopic (exact) mass is 338 g/mol. The summed E-state index contributed by atoms with van der Waals surface area (Å²) in [6, 6.07) is 9.30. The molecule has 0 spiro atoms. The molecule has 0 fully saturated rings. The van der Waals surface area contributed by atoms with Gasteiger partial charge in [-0.15, -0.1) is 0 Å². The summed E-state index contributed by atoms with van der Waals surface area (Å²) >= 11 is 3.43. The number of halogens is 2. The summed E-state index contributed by atoms with van der Waals surface area (Å²) in [7, 11) is 0. The number of rotatable bonds is 4. The Morgan fingerprint density at radius 1 is 1.30 bits per heavy atom. The van der Waals surface area contributed by atoms with Crippen molar-refractivity contribution in [1.82, 2.24) is 0 Å². The van der Waals surface area contributed by atoms with Gasteiger partial charge in [-0.05, 0) is 36.2 Å². The minimum Gasteiger partial charge on any atom is -0.381 e. The molecule has 0 unspecified atom stereocenters. The van der Waals surface area contributed by atoms with Crippen LogP contribution in [0.2, 0.25) is 0 Å². The number of anilines is 1. The Morgan fingerprint density at radius 3 is 2.70 bits per heavy atom. The van der Waals surface area contributed by atoms with Crippen molar-refractivity contribution in [1.29, 1.82) is 0 Å². The molecular weight excluding hydrogens is 327 g/mol. The third-order valence-electron chi connectivity index (χ3n) is 2.82. The third kappa shape index (κ3) is 3.54. The molecule has 6 heteroatoms. The molecule has 0 atom stereocenters. The number of nitrogens with zero attached hydrogens (tertiary/aromatic N) is 1. The predicted octanol–water partition coefficient (Wildman–Crippen LogP) is 4.42. The standard InChI is InChI=1S/C14H12BrFN2O2/c1-9-2-3-12(7-14(9)15)17-8-10-4-11(16)6-13(5-10)18(19)20/h2-7,17H,8H2,1H3. The molecule has 0 aliphatic carbocycles. The summed E-state index contributed by atoms with van der Waals surface area (Å²) in [6.45, 7) is 2.29. The van der Waals surface area contributed by atoms with Crippen LogP contribution in [-0.2, 0) is 6.54 Å². The van der Waals surface area contributed by atoms with Crippen LogP contribution in [-0.4, -0.2) is 4.92 Å². The molecule has 0 saturated carbocycles. The van der Waals surface area contributed by atoms with Crippen LogP contribution in [0.1, 0.15) is 11.1 Å². The maximum Gasteiger partial charge on any atom is 0.272 e. The first-order chi connectivity index (χ1) is 9.45. The van der Waals surface area contributed by atoms with Crippen molar-refractivity contribution in [3.63, 3.8) is 0 Å². The van der Waals surface area contributed by atoms with Crippen molar-refractivity contribution in [3.05, 3.63) is 67.9 Å². The smallest absolute Gasteiger partial charge is 0.272 e. The zero-order valence-corrected chi connectivity index (χ0v) is 12.3. The van der Waals surface area contributed by atoms with Gasteiger partial charge in [0.05, 0.1) is 11.0 Å². The van der Waals surface area contributed by atoms with Crippen LogP contribution in [0.5, 0.6) is 0 Å². The quantitative estimate of drug-likeness (QED) is 0.663. The normalized spacial score (nSPS) is 10.3. The number of nitrogens with one attached hydrogen (secondary N) is 1. The number of non-ortho nitro benzene ring substituents is 1. The molecule has 0 amide bonds. The molecule has 0 saturated heterocycles. The number of benzene rings is 2. The largest absolute Gasteiger partial charge is 0.381 e. The summed E-state index contributed by atoms with van der Waals surface area (Å²) in [5, 5.41) is 13.8. The predicted molar refractivity (Wildman–Crippen MR) is 79.3 cm³/mol. The number of hydrogen-bond acceptors (Lipinski definition) is 3. The molecule has 4 nitrogen and oxygen atoms in total. The molecule has 2 aromatic rings. The van der Waals surface area contributed by atoms with Gasteiger partial charge >= 0.3 is 0 Å². The van der Waals surface area contributed by atoms with Crippen molar-refractivity contribution >= 4 is 27.3 Å². The fourth-order valence-electron chi connectivity index (χ4n) is 1.75. The number of nitro benzene ring substituents is 1. The SMILES string of the molecule is Cc1ccc(NCc2cc(F)cc([N+](=O)[O-])c2)cc1Br. The zero-order chi connectivity index (χ0) is 14.7. The van der Waals surface area contributed by atoms with E-state index in [9.17, 15) is 14.5 Å². The highest BCUT2D eigenvalue weighted by Gasteiger charge is 2.09. The fourth-order valence-corrected chi connectivity index (χ4v) is 2.13. The number of hydrogen-bond donors (Lipinski definition) is 1. The van der Waals surface area contributed by atoms with Crippen LogP contribution in [0.4, 0.5) is 15.8 Å². The van der Waals surface area contributed by atoms with Gasteiger partial charge in [0.25, 0.3) is 5.69 Å². The summed E-state index contributed by atoms with van der Waals surface area (Å²) in [5.41, 5.74) is 2.24. The molecular formula is C14H12BrFN2O2. The Bertz CT molecular complexity index is 662. The second-order valence-corrected chi connectivity index (χ2v) is 5.25. The van der Waals surface area contributed by atoms with Crippen LogP contribution >= 0.6 is 15.9 Å². The van der Waals surface area contributed by atoms with Gasteiger partial charge < -0.3 is 5.32 Å². The van der Waals surface area contributed by atoms with Gasteiger partial charge in [0, 0.05) is 22.8 Å². The van der Waals surface area contributed by atoms with Crippen molar-refractivity contribution < 1.29 is 9.31 Å². The van der Waals surface area contributed by atoms with Gasteiger partial charge in [-0.3, -0.25) is 10.1 Å². The lowest BCUT2D eigenvalue weighted by Gasteiger charge is -2.08. The van der Waals surface area contributed by atoms with Gasteiger partial charge in [0.2, 0.25) is 0 Å². The van der Waals surface area contributed by atoms with Crippen LogP contribution in [0.15, 0.2) is 40.9 Å². The van der Waals surface area contributed by atoms with E-state index in [0.29, 0.717) is 12.1 Å². The minimum atomic E-state index is -0.610. The highest BCUT2D eigenvalue weighted by molar-refractivity contribution is 9.10. The van der Waals surface area contributed by atoms with E-state index in [4.69, 9.17) is 0 Å². The lowest BCUT2D eigenvalue weighted by molar-refractivity contribution is -0.385. The first-order valence-electron chi connectivity index (χ1n) is 5.89. The second kappa shape index (κ2) is 6.00. The van der Waals surface area contributed by atoms with E-state index in [1.807, 2.05) is 25.1 Å². The minimum absolute atomic E-state index is 0.244. The van der Waals surface area contributed by atoms with E-state index >= 15 is 0 Å². The molecule has 0 aromatic heterocycles. The highest BCUT2D eigenvalue weighted by Crippen LogP contribution is 2.22. The average Bonchev–Trinajstić information content (AvgIpc) is 2.39. The zero-order valence-electron chi connectivity index (χ0n) is 10.7. The van der Waals surface area contributed by atoms with Gasteiger partial charge in [-0.2, -0.15) is 0 Å². The molecule has 2 rings (SSSR count). The molecule has 0 aliphatic rings. The van der Waals surface area contributed by atoms with E-state index < -0.39 is 10.7 Å². The van der Waals surface area contributed by atoms with Gasteiger partial charge in [0.15, 0.2) is 0 Å². The lowest BCUT2D eigenvalue weighted by Crippen LogP contribution is -2.01. The van der Waals surface area contributed by atoms with Gasteiger partial charge in [-0.1, -0.05) is 22.0 Å². The van der Waals surface area contributed by atoms with Crippen LogP contribution in [0.3, 0.4) is 0 Å². The summed E-state index contributed by atoms with van der Waals surface area (Å²) in [5.74, 6) is -0.610. The maximum absolute atomic E-state index is 13.3. The molecule has 0 radical (unpaired) electrons. The molecule has 2 aromatic carbocycles. The molecule has 0 aliphatic heterocycles. The first-order valence-corrected chi connectivity index (χ1v) is 6.69. The van der Waals surface area contributed by atoms with Crippen molar-refractivity contribution in [2.45, 2.75) is 13.5 Å². The van der Waals surface area contributed by atoms with Gasteiger partial charge in [0.1, 0.15) is 5.82 Å². The molecule has 104 valence electrons. The Hall–Kier alpha value is -1.95. The third-order valence-corrected chi connectivity index (χ3v) is 3.68. The fraction of sp³-hybridized carbons (Fsp3) is 0.143. The molecule has 0 heterocycles. The van der Waals surface area contributed by atoms with E-state index in [-0.39, 0.29) is 5.69 Å². The Balaban J connectivity index is 2.14. The van der Waals surface area contributed by atoms with Crippen LogP contribution < -0.4 is 5.32 Å². The second-order valence-electron chi connectivity index (χ2n) is 4.39. The van der Waals surface area contributed by atoms with Crippen molar-refractivity contribution in [3.8, 4) is 0 Å². The first kappa shape index (κ1) is 14.5. The lowest BCUT2D eigenvalue weighted by atomic mass is 10.2. The molecule has 0 bridgehead atoms. The molecule has 20 heavy (non-hydrogen) atoms. The van der Waals surface area contributed by atoms with E-state index in [1.165, 1.54) is 12.1 Å². The molecule has 1 N–H and O–H groups in total. The van der Waals surface area contributed by atoms with E-state index in [0.717, 1.165) is 21.8 Å². The Kier molecular flexibility index (Phi) is 4.34. The number of aryl methyl sites for hydroxylation is 1. The Labute approximate surface area is 123 Å². The summed E-state index contributed by atoms with van der Waals surface area (Å²) in [4.78, 5) is 10.1. The highest BCUT2D eigenvalue weighted by atomic mass is 79.9. The summed E-state index contributed by atoms with van der Waals surface area (Å²) in [6.07, 6.45) is 0. The summed E-state index contributed by atoms with van der Waals surface area (Å²) < 4.78 is 14.3. The Morgan fingerprint density at radius 2 is 2.05 bits per heavy atom. The van der Waals surface area contributed by atoms with E-state index in [2.05, 4.69) is 21.2 Å². The van der Waals surface area contributed by atoms with E-state index in [1.54, 1.807) is 0 Å². The number of nitro groups is 1. The van der Waals surface area contributed by atoms with Crippen LogP contribution in [0.25, 0.3) is 0 Å². The topological polar surface area (TPSA) is 55.2 Å².